The van der Waals surface area contributed by atoms with Gasteiger partial charge in [0.05, 0.1) is 0 Å². The van der Waals surface area contributed by atoms with Crippen LogP contribution in [-0.2, 0) is 16.8 Å². The molecule has 4 aliphatic carbocycles. The molecule has 0 saturated heterocycles. The largest absolute Gasteiger partial charge is 0.489 e. The van der Waals surface area contributed by atoms with Crippen molar-refractivity contribution in [2.45, 2.75) is 44.1 Å². The molecule has 2 nitrogen and oxygen atoms in total. The Morgan fingerprint density at radius 2 is 1.73 bits per heavy atom. The van der Waals surface area contributed by atoms with E-state index in [4.69, 9.17) is 4.74 Å². The van der Waals surface area contributed by atoms with E-state index in [1.54, 1.807) is 0 Å². The molecule has 134 valence electrons. The minimum Gasteiger partial charge on any atom is -0.489 e. The second-order valence-corrected chi connectivity index (χ2v) is 9.36. The number of benzene rings is 2. The average molecular weight is 411 g/mol. The highest BCUT2D eigenvalue weighted by Gasteiger charge is 2.56. The van der Waals surface area contributed by atoms with Crippen LogP contribution in [0.25, 0.3) is 0 Å². The summed E-state index contributed by atoms with van der Waals surface area (Å²) in [6.45, 7) is 0.584. The van der Waals surface area contributed by atoms with E-state index in [1.165, 1.54) is 17.5 Å². The lowest BCUT2D eigenvalue weighted by molar-refractivity contribution is -0.142. The first kappa shape index (κ1) is 16.6. The molecule has 2 aromatic rings. The van der Waals surface area contributed by atoms with Gasteiger partial charge in [-0.15, -0.1) is 0 Å². The van der Waals surface area contributed by atoms with Gasteiger partial charge in [0.15, 0.2) is 0 Å². The summed E-state index contributed by atoms with van der Waals surface area (Å²) >= 11 is 3.66. The standard InChI is InChI=1S/C23H23BrO2/c24-19-6-7-21(26-14-15-4-2-1-3-5-15)20(10-19)23-11-16-8-17(12-23)22(25)18(9-16)13-23/h1-7,10,16-18H,8-9,11-14H2. The van der Waals surface area contributed by atoms with E-state index in [-0.39, 0.29) is 17.3 Å². The molecule has 4 bridgehead atoms. The van der Waals surface area contributed by atoms with Crippen molar-refractivity contribution in [3.05, 3.63) is 64.1 Å². The molecule has 0 N–H and O–H groups in total. The Morgan fingerprint density at radius 1 is 1.00 bits per heavy atom. The number of hydrogen-bond donors (Lipinski definition) is 0. The van der Waals surface area contributed by atoms with E-state index >= 15 is 0 Å². The molecule has 3 heteroatoms. The number of carbonyl (C=O) groups excluding carboxylic acids is 1. The maximum atomic E-state index is 12.6. The predicted octanol–water partition coefficient (Wildman–Crippen LogP) is 5.67. The second kappa shape index (κ2) is 6.23. The highest BCUT2D eigenvalue weighted by atomic mass is 79.9. The third-order valence-electron chi connectivity index (χ3n) is 6.74. The molecular formula is C23H23BrO2. The number of rotatable bonds is 4. The molecule has 0 heterocycles. The number of carbonyl (C=O) groups is 1. The van der Waals surface area contributed by atoms with E-state index in [2.05, 4.69) is 46.3 Å². The zero-order valence-electron chi connectivity index (χ0n) is 14.8. The summed E-state index contributed by atoms with van der Waals surface area (Å²) < 4.78 is 7.39. The molecule has 0 aliphatic heterocycles. The molecule has 2 atom stereocenters. The van der Waals surface area contributed by atoms with Crippen molar-refractivity contribution in [1.82, 2.24) is 0 Å². The van der Waals surface area contributed by atoms with Crippen molar-refractivity contribution in [2.75, 3.05) is 0 Å². The summed E-state index contributed by atoms with van der Waals surface area (Å²) in [6, 6.07) is 16.7. The monoisotopic (exact) mass is 410 g/mol. The minimum atomic E-state index is 0.125. The SMILES string of the molecule is O=C1C2CC3CC1CC(c1cc(Br)ccc1OCc1ccccc1)(C3)C2. The van der Waals surface area contributed by atoms with Crippen LogP contribution in [0.5, 0.6) is 5.75 Å². The van der Waals surface area contributed by atoms with Gasteiger partial charge < -0.3 is 4.74 Å². The van der Waals surface area contributed by atoms with E-state index in [1.807, 2.05) is 18.2 Å². The van der Waals surface area contributed by atoms with Crippen LogP contribution >= 0.6 is 15.9 Å². The highest BCUT2D eigenvalue weighted by molar-refractivity contribution is 9.10. The van der Waals surface area contributed by atoms with Crippen molar-refractivity contribution < 1.29 is 9.53 Å². The molecular weight excluding hydrogens is 388 g/mol. The lowest BCUT2D eigenvalue weighted by Crippen LogP contribution is -2.53. The maximum Gasteiger partial charge on any atom is 0.139 e. The average Bonchev–Trinajstić information content (AvgIpc) is 2.65. The summed E-state index contributed by atoms with van der Waals surface area (Å²) in [5, 5.41) is 0. The van der Waals surface area contributed by atoms with Gasteiger partial charge in [0.1, 0.15) is 18.1 Å². The first-order valence-electron chi connectivity index (χ1n) is 9.63. The molecule has 4 aliphatic rings. The fourth-order valence-corrected chi connectivity index (χ4v) is 6.22. The van der Waals surface area contributed by atoms with E-state index in [0.717, 1.165) is 35.9 Å². The molecule has 0 radical (unpaired) electrons. The number of Topliss-reactive ketones (excluding diaryl/α,β-unsaturated/α-hetero) is 1. The predicted molar refractivity (Wildman–Crippen MR) is 105 cm³/mol. The topological polar surface area (TPSA) is 26.3 Å². The second-order valence-electron chi connectivity index (χ2n) is 8.44. The number of ketones is 1. The molecule has 26 heavy (non-hydrogen) atoms. The Bertz CT molecular complexity index is 827. The summed E-state index contributed by atoms with van der Waals surface area (Å²) in [5.74, 6) is 2.81. The molecule has 0 amide bonds. The number of halogens is 1. The maximum absolute atomic E-state index is 12.6. The molecule has 4 fully saturated rings. The van der Waals surface area contributed by atoms with Crippen molar-refractivity contribution in [3.63, 3.8) is 0 Å². The zero-order valence-corrected chi connectivity index (χ0v) is 16.4. The van der Waals surface area contributed by atoms with E-state index in [9.17, 15) is 4.79 Å². The van der Waals surface area contributed by atoms with Gasteiger partial charge in [-0.2, -0.15) is 0 Å². The minimum absolute atomic E-state index is 0.125. The molecule has 6 rings (SSSR count). The van der Waals surface area contributed by atoms with E-state index < -0.39 is 0 Å². The quantitative estimate of drug-likeness (QED) is 0.648. The summed E-state index contributed by atoms with van der Waals surface area (Å²) in [6.07, 6.45) is 5.47. The Morgan fingerprint density at radius 3 is 2.46 bits per heavy atom. The molecule has 0 aromatic heterocycles. The van der Waals surface area contributed by atoms with Crippen LogP contribution in [0.1, 0.15) is 43.2 Å². The van der Waals surface area contributed by atoms with Gasteiger partial charge in [-0.1, -0.05) is 46.3 Å². The zero-order chi connectivity index (χ0) is 17.7. The van der Waals surface area contributed by atoms with Crippen LogP contribution in [0, 0.1) is 17.8 Å². The van der Waals surface area contributed by atoms with Gasteiger partial charge in [0, 0.05) is 27.3 Å². The fraction of sp³-hybridized carbons (Fsp3) is 0.435. The first-order valence-corrected chi connectivity index (χ1v) is 10.4. The smallest absolute Gasteiger partial charge is 0.139 e. The van der Waals surface area contributed by atoms with Crippen molar-refractivity contribution >= 4 is 21.7 Å². The van der Waals surface area contributed by atoms with Crippen molar-refractivity contribution in [2.24, 2.45) is 17.8 Å². The van der Waals surface area contributed by atoms with Gasteiger partial charge in [0.25, 0.3) is 0 Å². The Hall–Kier alpha value is -1.61. The normalized spacial score (nSPS) is 32.0. The van der Waals surface area contributed by atoms with Crippen LogP contribution < -0.4 is 4.74 Å². The number of ether oxygens (including phenoxy) is 1. The van der Waals surface area contributed by atoms with Gasteiger partial charge in [0.2, 0.25) is 0 Å². The molecule has 0 spiro atoms. The lowest BCUT2D eigenvalue weighted by Gasteiger charge is -2.56. The fourth-order valence-electron chi connectivity index (χ4n) is 5.85. The van der Waals surface area contributed by atoms with Crippen molar-refractivity contribution in [3.8, 4) is 5.75 Å². The van der Waals surface area contributed by atoms with E-state index in [0.29, 0.717) is 18.3 Å². The molecule has 2 aromatic carbocycles. The Kier molecular flexibility index (Phi) is 3.97. The third-order valence-corrected chi connectivity index (χ3v) is 7.24. The van der Waals surface area contributed by atoms with Gasteiger partial charge >= 0.3 is 0 Å². The highest BCUT2D eigenvalue weighted by Crippen LogP contribution is 2.60. The molecule has 2 unspecified atom stereocenters. The van der Waals surface area contributed by atoms with Crippen LogP contribution in [0.15, 0.2) is 53.0 Å². The lowest BCUT2D eigenvalue weighted by atomic mass is 9.47. The van der Waals surface area contributed by atoms with Crippen LogP contribution in [0.3, 0.4) is 0 Å². The molecule has 4 saturated carbocycles. The summed E-state index contributed by atoms with van der Waals surface area (Å²) in [7, 11) is 0. The third kappa shape index (κ3) is 2.72. The Labute approximate surface area is 163 Å². The number of hydrogen-bond acceptors (Lipinski definition) is 2. The van der Waals surface area contributed by atoms with Gasteiger partial charge in [-0.25, -0.2) is 0 Å². The first-order chi connectivity index (χ1) is 12.6. The van der Waals surface area contributed by atoms with Crippen LogP contribution in [0.2, 0.25) is 0 Å². The van der Waals surface area contributed by atoms with Gasteiger partial charge in [-0.3, -0.25) is 4.79 Å². The Balaban J connectivity index is 1.49. The van der Waals surface area contributed by atoms with Crippen LogP contribution in [-0.4, -0.2) is 5.78 Å². The van der Waals surface area contributed by atoms with Crippen molar-refractivity contribution in [1.29, 1.82) is 0 Å². The summed E-state index contributed by atoms with van der Waals surface area (Å²) in [5.41, 5.74) is 2.62. The summed E-state index contributed by atoms with van der Waals surface area (Å²) in [4.78, 5) is 12.6. The van der Waals surface area contributed by atoms with Gasteiger partial charge in [-0.05, 0) is 61.8 Å². The van der Waals surface area contributed by atoms with Crippen LogP contribution in [0.4, 0.5) is 0 Å².